The van der Waals surface area contributed by atoms with Crippen LogP contribution in [0.3, 0.4) is 0 Å². The molecule has 0 heterocycles. The molecule has 1 aromatic rings. The van der Waals surface area contributed by atoms with Crippen molar-refractivity contribution in [1.82, 2.24) is 5.32 Å². The molecule has 1 N–H and O–H groups in total. The summed E-state index contributed by atoms with van der Waals surface area (Å²) in [6, 6.07) is 8.55. The molecule has 0 saturated heterocycles. The maximum atomic E-state index is 11.1. The van der Waals surface area contributed by atoms with Gasteiger partial charge in [-0.2, -0.15) is 0 Å². The minimum absolute atomic E-state index is 0.137. The fourth-order valence-electron chi connectivity index (χ4n) is 1.45. The van der Waals surface area contributed by atoms with Crippen molar-refractivity contribution in [2.24, 2.45) is 0 Å². The van der Waals surface area contributed by atoms with Gasteiger partial charge < -0.3 is 5.32 Å². The SMILES string of the molecule is CC(=O)c1cccc(CNC2CC2)c1. The van der Waals surface area contributed by atoms with Gasteiger partial charge in [-0.3, -0.25) is 4.79 Å². The Hall–Kier alpha value is -1.15. The van der Waals surface area contributed by atoms with Crippen LogP contribution in [0.1, 0.15) is 35.7 Å². The van der Waals surface area contributed by atoms with Gasteiger partial charge in [-0.05, 0) is 31.4 Å². The van der Waals surface area contributed by atoms with Gasteiger partial charge in [0.1, 0.15) is 0 Å². The number of rotatable bonds is 4. The first-order valence-electron chi connectivity index (χ1n) is 5.09. The third-order valence-electron chi connectivity index (χ3n) is 2.51. The van der Waals surface area contributed by atoms with Crippen LogP contribution in [0.4, 0.5) is 0 Å². The normalized spacial score (nSPS) is 15.5. The van der Waals surface area contributed by atoms with Gasteiger partial charge in [0.25, 0.3) is 0 Å². The minimum Gasteiger partial charge on any atom is -0.310 e. The monoisotopic (exact) mass is 189 g/mol. The fourth-order valence-corrected chi connectivity index (χ4v) is 1.45. The average Bonchev–Trinajstić information content (AvgIpc) is 2.99. The van der Waals surface area contributed by atoms with Gasteiger partial charge in [0, 0.05) is 18.2 Å². The van der Waals surface area contributed by atoms with Crippen LogP contribution in [-0.2, 0) is 6.54 Å². The highest BCUT2D eigenvalue weighted by atomic mass is 16.1. The van der Waals surface area contributed by atoms with E-state index in [4.69, 9.17) is 0 Å². The van der Waals surface area contributed by atoms with Crippen LogP contribution in [0.5, 0.6) is 0 Å². The van der Waals surface area contributed by atoms with Gasteiger partial charge in [-0.25, -0.2) is 0 Å². The lowest BCUT2D eigenvalue weighted by Crippen LogP contribution is -2.15. The minimum atomic E-state index is 0.137. The number of carbonyl (C=O) groups excluding carboxylic acids is 1. The molecule has 0 aliphatic heterocycles. The van der Waals surface area contributed by atoms with E-state index < -0.39 is 0 Å². The van der Waals surface area contributed by atoms with Crippen LogP contribution in [0.2, 0.25) is 0 Å². The molecule has 1 aromatic carbocycles. The van der Waals surface area contributed by atoms with Crippen LogP contribution in [0, 0.1) is 0 Å². The molecular formula is C12H15NO. The largest absolute Gasteiger partial charge is 0.310 e. The average molecular weight is 189 g/mol. The van der Waals surface area contributed by atoms with Crippen molar-refractivity contribution in [3.63, 3.8) is 0 Å². The van der Waals surface area contributed by atoms with Crippen LogP contribution >= 0.6 is 0 Å². The van der Waals surface area contributed by atoms with Crippen molar-refractivity contribution in [3.8, 4) is 0 Å². The smallest absolute Gasteiger partial charge is 0.159 e. The molecule has 0 bridgehead atoms. The highest BCUT2D eigenvalue weighted by Crippen LogP contribution is 2.19. The Morgan fingerprint density at radius 3 is 2.93 bits per heavy atom. The zero-order valence-corrected chi connectivity index (χ0v) is 8.42. The highest BCUT2D eigenvalue weighted by molar-refractivity contribution is 5.94. The van der Waals surface area contributed by atoms with Crippen LogP contribution in [0.25, 0.3) is 0 Å². The Morgan fingerprint density at radius 2 is 2.29 bits per heavy atom. The molecule has 1 aliphatic rings. The lowest BCUT2D eigenvalue weighted by atomic mass is 10.1. The van der Waals surface area contributed by atoms with Crippen molar-refractivity contribution in [2.45, 2.75) is 32.4 Å². The summed E-state index contributed by atoms with van der Waals surface area (Å²) in [5.41, 5.74) is 2.00. The van der Waals surface area contributed by atoms with Crippen LogP contribution in [0.15, 0.2) is 24.3 Å². The second kappa shape index (κ2) is 3.93. The number of nitrogens with one attached hydrogen (secondary N) is 1. The topological polar surface area (TPSA) is 29.1 Å². The van der Waals surface area contributed by atoms with Crippen molar-refractivity contribution in [3.05, 3.63) is 35.4 Å². The Kier molecular flexibility index (Phi) is 2.64. The predicted octanol–water partition coefficient (Wildman–Crippen LogP) is 2.14. The summed E-state index contributed by atoms with van der Waals surface area (Å²) in [6.45, 7) is 2.49. The summed E-state index contributed by atoms with van der Waals surface area (Å²) in [5, 5.41) is 3.43. The maximum Gasteiger partial charge on any atom is 0.159 e. The third-order valence-corrected chi connectivity index (χ3v) is 2.51. The summed E-state index contributed by atoms with van der Waals surface area (Å²) in [6.07, 6.45) is 2.60. The number of hydrogen-bond acceptors (Lipinski definition) is 2. The van der Waals surface area contributed by atoms with Crippen LogP contribution < -0.4 is 5.32 Å². The highest BCUT2D eigenvalue weighted by Gasteiger charge is 2.19. The van der Waals surface area contributed by atoms with Crippen molar-refractivity contribution in [1.29, 1.82) is 0 Å². The van der Waals surface area contributed by atoms with E-state index >= 15 is 0 Å². The Labute approximate surface area is 84.3 Å². The van der Waals surface area contributed by atoms with Gasteiger partial charge in [-0.15, -0.1) is 0 Å². The lowest BCUT2D eigenvalue weighted by Gasteiger charge is -2.04. The molecule has 0 unspecified atom stereocenters. The molecule has 2 rings (SSSR count). The van der Waals surface area contributed by atoms with E-state index in [2.05, 4.69) is 11.4 Å². The third kappa shape index (κ3) is 2.42. The quantitative estimate of drug-likeness (QED) is 0.735. The first-order valence-corrected chi connectivity index (χ1v) is 5.09. The van der Waals surface area contributed by atoms with E-state index in [9.17, 15) is 4.79 Å². The second-order valence-corrected chi connectivity index (χ2v) is 3.91. The number of Topliss-reactive ketones (excluding diaryl/α,β-unsaturated/α-hetero) is 1. The van der Waals surface area contributed by atoms with E-state index in [0.717, 1.165) is 18.2 Å². The molecule has 0 amide bonds. The summed E-state index contributed by atoms with van der Waals surface area (Å²) in [7, 11) is 0. The van der Waals surface area contributed by atoms with Crippen LogP contribution in [-0.4, -0.2) is 11.8 Å². The second-order valence-electron chi connectivity index (χ2n) is 3.91. The molecule has 1 saturated carbocycles. The van der Waals surface area contributed by atoms with E-state index in [1.807, 2.05) is 18.2 Å². The number of carbonyl (C=O) groups is 1. The summed E-state index contributed by atoms with van der Waals surface area (Å²) in [5.74, 6) is 0.137. The van der Waals surface area contributed by atoms with E-state index in [0.29, 0.717) is 0 Å². The maximum absolute atomic E-state index is 11.1. The molecule has 0 spiro atoms. The first kappa shape index (κ1) is 9.41. The van der Waals surface area contributed by atoms with E-state index in [1.165, 1.54) is 18.4 Å². The van der Waals surface area contributed by atoms with Gasteiger partial charge in [0.15, 0.2) is 5.78 Å². The Bertz CT molecular complexity index is 342. The molecule has 0 radical (unpaired) electrons. The summed E-state index contributed by atoms with van der Waals surface area (Å²) >= 11 is 0. The molecule has 1 fully saturated rings. The number of ketones is 1. The Balaban J connectivity index is 2.01. The van der Waals surface area contributed by atoms with Gasteiger partial charge in [-0.1, -0.05) is 18.2 Å². The zero-order valence-electron chi connectivity index (χ0n) is 8.42. The molecule has 0 aromatic heterocycles. The molecule has 0 atom stereocenters. The standard InChI is InChI=1S/C12H15NO/c1-9(14)11-4-2-3-10(7-11)8-13-12-5-6-12/h2-4,7,12-13H,5-6,8H2,1H3. The predicted molar refractivity (Wildman–Crippen MR) is 56.3 cm³/mol. The van der Waals surface area contributed by atoms with E-state index in [1.54, 1.807) is 6.92 Å². The van der Waals surface area contributed by atoms with E-state index in [-0.39, 0.29) is 5.78 Å². The van der Waals surface area contributed by atoms with Crippen molar-refractivity contribution >= 4 is 5.78 Å². The summed E-state index contributed by atoms with van der Waals surface area (Å²) in [4.78, 5) is 11.1. The lowest BCUT2D eigenvalue weighted by molar-refractivity contribution is 0.101. The Morgan fingerprint density at radius 1 is 1.50 bits per heavy atom. The number of hydrogen-bond donors (Lipinski definition) is 1. The van der Waals surface area contributed by atoms with Gasteiger partial charge in [0.05, 0.1) is 0 Å². The number of benzene rings is 1. The fraction of sp³-hybridized carbons (Fsp3) is 0.417. The van der Waals surface area contributed by atoms with Crippen molar-refractivity contribution in [2.75, 3.05) is 0 Å². The molecule has 74 valence electrons. The van der Waals surface area contributed by atoms with Gasteiger partial charge >= 0.3 is 0 Å². The molecular weight excluding hydrogens is 174 g/mol. The molecule has 1 aliphatic carbocycles. The zero-order chi connectivity index (χ0) is 9.97. The summed E-state index contributed by atoms with van der Waals surface area (Å²) < 4.78 is 0. The molecule has 2 heteroatoms. The van der Waals surface area contributed by atoms with Crippen molar-refractivity contribution < 1.29 is 4.79 Å². The molecule has 2 nitrogen and oxygen atoms in total. The van der Waals surface area contributed by atoms with Gasteiger partial charge in [0.2, 0.25) is 0 Å². The molecule has 14 heavy (non-hydrogen) atoms. The first-order chi connectivity index (χ1) is 6.75.